The molecule has 0 saturated carbocycles. The Hall–Kier alpha value is -2.65. The molecule has 0 aliphatic rings. The van der Waals surface area contributed by atoms with E-state index in [1.807, 2.05) is 0 Å². The summed E-state index contributed by atoms with van der Waals surface area (Å²) in [6.07, 6.45) is 0. The fraction of sp³-hybridized carbons (Fsp3) is 0.0714. The lowest BCUT2D eigenvalue weighted by atomic mass is 10.2. The van der Waals surface area contributed by atoms with Crippen molar-refractivity contribution >= 4 is 44.0 Å². The molecular formula is C14H10ClN3O5S. The molecule has 124 valence electrons. The number of sulfonamides is 1. The zero-order valence-electron chi connectivity index (χ0n) is 12.0. The van der Waals surface area contributed by atoms with Crippen LogP contribution in [0.5, 0.6) is 0 Å². The minimum atomic E-state index is -3.84. The molecule has 3 rings (SSSR count). The van der Waals surface area contributed by atoms with Crippen LogP contribution in [0.1, 0.15) is 5.69 Å². The highest BCUT2D eigenvalue weighted by Crippen LogP contribution is 2.28. The summed E-state index contributed by atoms with van der Waals surface area (Å²) in [5.41, 5.74) is 0.383. The number of nitro groups is 1. The van der Waals surface area contributed by atoms with Crippen LogP contribution < -0.4 is 4.72 Å². The summed E-state index contributed by atoms with van der Waals surface area (Å²) in [7, 11) is -3.84. The molecule has 0 amide bonds. The fourth-order valence-electron chi connectivity index (χ4n) is 2.15. The third-order valence-electron chi connectivity index (χ3n) is 3.20. The predicted molar refractivity (Wildman–Crippen MR) is 88.4 cm³/mol. The van der Waals surface area contributed by atoms with Gasteiger partial charge in [-0.25, -0.2) is 8.42 Å². The van der Waals surface area contributed by atoms with Gasteiger partial charge in [-0.05, 0) is 24.3 Å². The molecule has 1 heterocycles. The standard InChI is InChI=1S/C14H10ClN3O5S/c15-11-6-5-9(7-13(11)18(19)20)17-24(21,22)8-12-10-3-1-2-4-14(10)23-16-12/h1-7,17H,8H2. The van der Waals surface area contributed by atoms with Crippen LogP contribution >= 0.6 is 11.6 Å². The SMILES string of the molecule is O=[N+]([O-])c1cc(NS(=O)(=O)Cc2noc3ccccc23)ccc1Cl. The number of hydrogen-bond donors (Lipinski definition) is 1. The first kappa shape index (κ1) is 16.2. The number of halogens is 1. The van der Waals surface area contributed by atoms with Crippen LogP contribution in [0.2, 0.25) is 5.02 Å². The molecule has 0 saturated heterocycles. The van der Waals surface area contributed by atoms with Crippen LogP contribution in [-0.2, 0) is 15.8 Å². The molecule has 3 aromatic rings. The van der Waals surface area contributed by atoms with E-state index in [2.05, 4.69) is 9.88 Å². The highest BCUT2D eigenvalue weighted by atomic mass is 35.5. The third-order valence-corrected chi connectivity index (χ3v) is 4.71. The van der Waals surface area contributed by atoms with Crippen molar-refractivity contribution in [3.8, 4) is 0 Å². The van der Waals surface area contributed by atoms with Crippen molar-refractivity contribution in [2.45, 2.75) is 5.75 Å². The Morgan fingerprint density at radius 3 is 2.75 bits per heavy atom. The Kier molecular flexibility index (Phi) is 4.12. The van der Waals surface area contributed by atoms with Crippen LogP contribution in [0.15, 0.2) is 47.0 Å². The van der Waals surface area contributed by atoms with Gasteiger partial charge in [0.15, 0.2) is 5.58 Å². The molecule has 8 nitrogen and oxygen atoms in total. The summed E-state index contributed by atoms with van der Waals surface area (Å²) in [6.45, 7) is 0. The van der Waals surface area contributed by atoms with E-state index >= 15 is 0 Å². The Bertz CT molecular complexity index is 1030. The number of hydrogen-bond acceptors (Lipinski definition) is 6. The summed E-state index contributed by atoms with van der Waals surface area (Å²) in [5.74, 6) is -0.430. The Balaban J connectivity index is 1.87. The topological polar surface area (TPSA) is 115 Å². The summed E-state index contributed by atoms with van der Waals surface area (Å²) >= 11 is 5.70. The van der Waals surface area contributed by atoms with Crippen molar-refractivity contribution in [3.05, 3.63) is 63.3 Å². The number of rotatable bonds is 5. The van der Waals surface area contributed by atoms with Crippen LogP contribution in [0.3, 0.4) is 0 Å². The summed E-state index contributed by atoms with van der Waals surface area (Å²) in [6, 6.07) is 10.5. The number of fused-ring (bicyclic) bond motifs is 1. The minimum Gasteiger partial charge on any atom is -0.356 e. The maximum absolute atomic E-state index is 12.3. The molecular weight excluding hydrogens is 358 g/mol. The van der Waals surface area contributed by atoms with E-state index in [4.69, 9.17) is 16.1 Å². The first-order valence-electron chi connectivity index (χ1n) is 6.63. The molecule has 0 spiro atoms. The second kappa shape index (κ2) is 6.10. The number of anilines is 1. The van der Waals surface area contributed by atoms with E-state index in [0.29, 0.717) is 11.0 Å². The quantitative estimate of drug-likeness (QED) is 0.546. The molecule has 0 atom stereocenters. The van der Waals surface area contributed by atoms with Gasteiger partial charge in [0.2, 0.25) is 10.0 Å². The van der Waals surface area contributed by atoms with Gasteiger partial charge in [-0.15, -0.1) is 0 Å². The maximum Gasteiger partial charge on any atom is 0.289 e. The highest BCUT2D eigenvalue weighted by molar-refractivity contribution is 7.91. The summed E-state index contributed by atoms with van der Waals surface area (Å²) in [5, 5.41) is 15.1. The number of para-hydroxylation sites is 1. The lowest BCUT2D eigenvalue weighted by Gasteiger charge is -2.07. The first-order valence-corrected chi connectivity index (χ1v) is 8.66. The van der Waals surface area contributed by atoms with Crippen molar-refractivity contribution in [2.24, 2.45) is 0 Å². The molecule has 0 bridgehead atoms. The molecule has 1 N–H and O–H groups in total. The largest absolute Gasteiger partial charge is 0.356 e. The molecule has 24 heavy (non-hydrogen) atoms. The van der Waals surface area contributed by atoms with E-state index in [1.165, 1.54) is 12.1 Å². The van der Waals surface area contributed by atoms with Gasteiger partial charge in [0, 0.05) is 11.5 Å². The summed E-state index contributed by atoms with van der Waals surface area (Å²) < 4.78 is 31.9. The fourth-order valence-corrected chi connectivity index (χ4v) is 3.47. The number of nitro benzene ring substituents is 1. The third kappa shape index (κ3) is 3.31. The second-order valence-electron chi connectivity index (χ2n) is 4.91. The smallest absolute Gasteiger partial charge is 0.289 e. The van der Waals surface area contributed by atoms with Gasteiger partial charge >= 0.3 is 0 Å². The lowest BCUT2D eigenvalue weighted by Crippen LogP contribution is -2.15. The van der Waals surface area contributed by atoms with Gasteiger partial charge in [-0.3, -0.25) is 14.8 Å². The van der Waals surface area contributed by atoms with Gasteiger partial charge in [-0.2, -0.15) is 0 Å². The average molecular weight is 368 g/mol. The van der Waals surface area contributed by atoms with Gasteiger partial charge in [-0.1, -0.05) is 28.9 Å². The maximum atomic E-state index is 12.3. The van der Waals surface area contributed by atoms with Crippen LogP contribution in [0.25, 0.3) is 11.0 Å². The van der Waals surface area contributed by atoms with Crippen molar-refractivity contribution < 1.29 is 17.9 Å². The molecule has 0 aliphatic carbocycles. The van der Waals surface area contributed by atoms with Crippen LogP contribution in [0.4, 0.5) is 11.4 Å². The molecule has 0 aliphatic heterocycles. The molecule has 0 unspecified atom stereocenters. The van der Waals surface area contributed by atoms with Crippen molar-refractivity contribution in [1.82, 2.24) is 5.16 Å². The van der Waals surface area contributed by atoms with Gasteiger partial charge in [0.1, 0.15) is 16.5 Å². The Morgan fingerprint density at radius 2 is 2.00 bits per heavy atom. The molecule has 10 heteroatoms. The van der Waals surface area contributed by atoms with Gasteiger partial charge in [0.25, 0.3) is 5.69 Å². The highest BCUT2D eigenvalue weighted by Gasteiger charge is 2.19. The minimum absolute atomic E-state index is 0.0406. The van der Waals surface area contributed by atoms with Gasteiger partial charge in [0.05, 0.1) is 10.6 Å². The van der Waals surface area contributed by atoms with Crippen LogP contribution in [0, 0.1) is 10.1 Å². The molecule has 2 aromatic carbocycles. The van der Waals surface area contributed by atoms with Crippen molar-refractivity contribution in [2.75, 3.05) is 4.72 Å². The molecule has 1 aromatic heterocycles. The zero-order chi connectivity index (χ0) is 17.3. The number of nitrogens with one attached hydrogen (secondary N) is 1. The number of benzene rings is 2. The zero-order valence-corrected chi connectivity index (χ0v) is 13.5. The average Bonchev–Trinajstić information content (AvgIpc) is 2.91. The van der Waals surface area contributed by atoms with E-state index in [0.717, 1.165) is 6.07 Å². The van der Waals surface area contributed by atoms with Gasteiger partial charge < -0.3 is 4.52 Å². The van der Waals surface area contributed by atoms with Crippen molar-refractivity contribution in [1.29, 1.82) is 0 Å². The van der Waals surface area contributed by atoms with E-state index in [-0.39, 0.29) is 22.1 Å². The first-order chi connectivity index (χ1) is 11.4. The Labute approximate surface area is 141 Å². The molecule has 0 radical (unpaired) electrons. The summed E-state index contributed by atoms with van der Waals surface area (Å²) in [4.78, 5) is 10.2. The monoisotopic (exact) mass is 367 g/mol. The Morgan fingerprint density at radius 1 is 1.25 bits per heavy atom. The number of nitrogens with zero attached hydrogens (tertiary/aromatic N) is 2. The van der Waals surface area contributed by atoms with Crippen LogP contribution in [-0.4, -0.2) is 18.5 Å². The normalized spacial score (nSPS) is 11.5. The van der Waals surface area contributed by atoms with Crippen molar-refractivity contribution in [3.63, 3.8) is 0 Å². The van der Waals surface area contributed by atoms with E-state index in [9.17, 15) is 18.5 Å². The predicted octanol–water partition coefficient (Wildman–Crippen LogP) is 3.33. The number of aromatic nitrogens is 1. The molecule has 0 fully saturated rings. The van der Waals surface area contributed by atoms with E-state index < -0.39 is 20.7 Å². The lowest BCUT2D eigenvalue weighted by molar-refractivity contribution is -0.384. The van der Waals surface area contributed by atoms with E-state index in [1.54, 1.807) is 24.3 Å². The second-order valence-corrected chi connectivity index (χ2v) is 7.04.